The molecule has 6 heteroatoms. The van der Waals surface area contributed by atoms with Gasteiger partial charge in [-0.3, -0.25) is 4.79 Å². The smallest absolute Gasteiger partial charge is 0.231 e. The van der Waals surface area contributed by atoms with Gasteiger partial charge in [-0.15, -0.1) is 11.8 Å². The predicted molar refractivity (Wildman–Crippen MR) is 136 cm³/mol. The highest BCUT2D eigenvalue weighted by atomic mass is 127. The Morgan fingerprint density at radius 3 is 2.35 bits per heavy atom. The topological polar surface area (TPSA) is 49.8 Å². The fourth-order valence-corrected chi connectivity index (χ4v) is 5.08. The number of carbonyl (C=O) groups is 1. The van der Waals surface area contributed by atoms with Gasteiger partial charge in [-0.05, 0) is 64.9 Å². The summed E-state index contributed by atoms with van der Waals surface area (Å²) in [6.07, 6.45) is 0.427. The number of aliphatic hydroxyl groups is 1. The lowest BCUT2D eigenvalue weighted by Gasteiger charge is -2.28. The van der Waals surface area contributed by atoms with Crippen LogP contribution in [0.2, 0.25) is 0 Å². The highest BCUT2D eigenvalue weighted by Gasteiger charge is 2.27. The Labute approximate surface area is 201 Å². The van der Waals surface area contributed by atoms with E-state index >= 15 is 0 Å². The highest BCUT2D eigenvalue weighted by Crippen LogP contribution is 2.31. The van der Waals surface area contributed by atoms with Gasteiger partial charge < -0.3 is 14.7 Å². The molecule has 0 saturated carbocycles. The van der Waals surface area contributed by atoms with Crippen molar-refractivity contribution in [1.29, 1.82) is 0 Å². The van der Waals surface area contributed by atoms with Gasteiger partial charge in [-0.25, -0.2) is 0 Å². The van der Waals surface area contributed by atoms with Crippen molar-refractivity contribution in [2.75, 3.05) is 24.4 Å². The van der Waals surface area contributed by atoms with Crippen molar-refractivity contribution >= 4 is 45.9 Å². The molecule has 4 nitrogen and oxygen atoms in total. The molecule has 0 aliphatic rings. The molecule has 0 bridgehead atoms. The number of thioether (sulfide) groups is 1. The van der Waals surface area contributed by atoms with Crippen molar-refractivity contribution in [3.8, 4) is 5.75 Å². The molecule has 31 heavy (non-hydrogen) atoms. The second kappa shape index (κ2) is 12.1. The molecule has 0 saturated heterocycles. The van der Waals surface area contributed by atoms with Gasteiger partial charge in [0.05, 0.1) is 25.3 Å². The molecule has 162 valence electrons. The van der Waals surface area contributed by atoms with Gasteiger partial charge in [-0.2, -0.15) is 0 Å². The number of rotatable bonds is 10. The van der Waals surface area contributed by atoms with Crippen LogP contribution < -0.4 is 9.64 Å². The Bertz CT molecular complexity index is 969. The van der Waals surface area contributed by atoms with Crippen molar-refractivity contribution < 1.29 is 14.6 Å². The zero-order valence-corrected chi connectivity index (χ0v) is 20.4. The van der Waals surface area contributed by atoms with E-state index in [1.165, 1.54) is 0 Å². The van der Waals surface area contributed by atoms with Crippen LogP contribution in [0.4, 0.5) is 5.69 Å². The Morgan fingerprint density at radius 2 is 1.74 bits per heavy atom. The first-order valence-corrected chi connectivity index (χ1v) is 12.2. The maximum absolute atomic E-state index is 13.7. The molecule has 3 aromatic rings. The van der Waals surface area contributed by atoms with Crippen LogP contribution in [0.5, 0.6) is 5.75 Å². The minimum absolute atomic E-state index is 0.0180. The van der Waals surface area contributed by atoms with Gasteiger partial charge >= 0.3 is 0 Å². The summed E-state index contributed by atoms with van der Waals surface area (Å²) in [6.45, 7) is 0.449. The summed E-state index contributed by atoms with van der Waals surface area (Å²) in [5, 5.41) is 9.65. The standard InChI is InChI=1S/C25H26INO3S/c1-30-21-12-13-24(23(26)16-21)27(17-19-8-4-2-5-9-19)25(29)20(14-15-28)18-31-22-10-6-3-7-11-22/h2-13,16,20,28H,14-15,17-18H2,1H3. The zero-order valence-electron chi connectivity index (χ0n) is 17.4. The summed E-state index contributed by atoms with van der Waals surface area (Å²) in [5.74, 6) is 1.09. The second-order valence-corrected chi connectivity index (χ2v) is 9.32. The van der Waals surface area contributed by atoms with E-state index in [9.17, 15) is 9.90 Å². The Hall–Kier alpha value is -2.03. The van der Waals surface area contributed by atoms with Gasteiger partial charge in [0, 0.05) is 20.8 Å². The average molecular weight is 547 g/mol. The van der Waals surface area contributed by atoms with Gasteiger partial charge in [0.25, 0.3) is 0 Å². The number of benzene rings is 3. The molecule has 1 amide bonds. The fourth-order valence-electron chi connectivity index (χ4n) is 3.25. The maximum Gasteiger partial charge on any atom is 0.231 e. The first-order chi connectivity index (χ1) is 15.1. The molecular weight excluding hydrogens is 521 g/mol. The Morgan fingerprint density at radius 1 is 1.06 bits per heavy atom. The number of methoxy groups -OCH3 is 1. The van der Waals surface area contributed by atoms with E-state index in [0.717, 1.165) is 25.5 Å². The largest absolute Gasteiger partial charge is 0.497 e. The van der Waals surface area contributed by atoms with E-state index < -0.39 is 0 Å². The monoisotopic (exact) mass is 547 g/mol. The number of carbonyl (C=O) groups excluding carboxylic acids is 1. The number of ether oxygens (including phenoxy) is 1. The van der Waals surface area contributed by atoms with E-state index in [1.807, 2.05) is 83.8 Å². The molecule has 0 heterocycles. The summed E-state index contributed by atoms with van der Waals surface area (Å²) in [5.41, 5.74) is 1.91. The summed E-state index contributed by atoms with van der Waals surface area (Å²) < 4.78 is 6.28. The van der Waals surface area contributed by atoms with Gasteiger partial charge in [-0.1, -0.05) is 48.5 Å². The Balaban J connectivity index is 1.88. The Kier molecular flexibility index (Phi) is 9.24. The van der Waals surface area contributed by atoms with Crippen molar-refractivity contribution in [2.24, 2.45) is 5.92 Å². The lowest BCUT2D eigenvalue weighted by Crippen LogP contribution is -2.37. The van der Waals surface area contributed by atoms with Crippen molar-refractivity contribution in [2.45, 2.75) is 17.9 Å². The minimum Gasteiger partial charge on any atom is -0.497 e. The van der Waals surface area contributed by atoms with E-state index in [-0.39, 0.29) is 18.4 Å². The van der Waals surface area contributed by atoms with Gasteiger partial charge in [0.1, 0.15) is 5.75 Å². The molecule has 3 aromatic carbocycles. The van der Waals surface area contributed by atoms with Crippen LogP contribution in [0.15, 0.2) is 83.8 Å². The molecule has 0 fully saturated rings. The van der Waals surface area contributed by atoms with Crippen LogP contribution in [0.1, 0.15) is 12.0 Å². The van der Waals surface area contributed by atoms with Crippen LogP contribution in [-0.2, 0) is 11.3 Å². The zero-order chi connectivity index (χ0) is 22.1. The lowest BCUT2D eigenvalue weighted by molar-refractivity contribution is -0.122. The van der Waals surface area contributed by atoms with Gasteiger partial charge in [0.15, 0.2) is 0 Å². The van der Waals surface area contributed by atoms with Crippen molar-refractivity contribution in [3.63, 3.8) is 0 Å². The number of aliphatic hydroxyl groups excluding tert-OH is 1. The molecule has 1 unspecified atom stereocenters. The van der Waals surface area contributed by atoms with E-state index in [1.54, 1.807) is 18.9 Å². The van der Waals surface area contributed by atoms with Gasteiger partial charge in [0.2, 0.25) is 5.91 Å². The molecule has 0 radical (unpaired) electrons. The van der Waals surface area contributed by atoms with Crippen molar-refractivity contribution in [3.05, 3.63) is 88.0 Å². The van der Waals surface area contributed by atoms with Crippen molar-refractivity contribution in [1.82, 2.24) is 0 Å². The van der Waals surface area contributed by atoms with Crippen LogP contribution in [0, 0.1) is 9.49 Å². The molecule has 3 rings (SSSR count). The number of amides is 1. The van der Waals surface area contributed by atoms with Crippen LogP contribution in [0.3, 0.4) is 0 Å². The number of hydrogen-bond donors (Lipinski definition) is 1. The van der Waals surface area contributed by atoms with Crippen LogP contribution in [0.25, 0.3) is 0 Å². The second-order valence-electron chi connectivity index (χ2n) is 7.06. The lowest BCUT2D eigenvalue weighted by atomic mass is 10.0. The average Bonchev–Trinajstić information content (AvgIpc) is 2.81. The third kappa shape index (κ3) is 6.72. The molecule has 1 atom stereocenters. The van der Waals surface area contributed by atoms with E-state index in [4.69, 9.17) is 4.74 Å². The number of nitrogens with zero attached hydrogens (tertiary/aromatic N) is 1. The quantitative estimate of drug-likeness (QED) is 0.264. The SMILES string of the molecule is COc1ccc(N(Cc2ccccc2)C(=O)C(CCO)CSc2ccccc2)c(I)c1. The number of hydrogen-bond acceptors (Lipinski definition) is 4. The number of anilines is 1. The highest BCUT2D eigenvalue weighted by molar-refractivity contribution is 14.1. The maximum atomic E-state index is 13.7. The minimum atomic E-state index is -0.295. The van der Waals surface area contributed by atoms with E-state index in [2.05, 4.69) is 22.6 Å². The summed E-state index contributed by atoms with van der Waals surface area (Å²) >= 11 is 3.89. The third-order valence-corrected chi connectivity index (χ3v) is 6.95. The molecule has 0 aliphatic carbocycles. The molecular formula is C25H26INO3S. The fraction of sp³-hybridized carbons (Fsp3) is 0.240. The third-order valence-electron chi connectivity index (χ3n) is 4.92. The molecule has 0 aliphatic heterocycles. The first kappa shape index (κ1) is 23.6. The number of halogens is 1. The summed E-state index contributed by atoms with van der Waals surface area (Å²) in [4.78, 5) is 16.7. The molecule has 0 spiro atoms. The van der Waals surface area contributed by atoms with E-state index in [0.29, 0.717) is 18.7 Å². The molecule has 0 aromatic heterocycles. The summed E-state index contributed by atoms with van der Waals surface area (Å²) in [6, 6.07) is 25.8. The van der Waals surface area contributed by atoms with Crippen LogP contribution in [-0.4, -0.2) is 30.5 Å². The molecule has 1 N–H and O–H groups in total. The van der Waals surface area contributed by atoms with Crippen LogP contribution >= 0.6 is 34.4 Å². The summed E-state index contributed by atoms with van der Waals surface area (Å²) in [7, 11) is 1.63. The first-order valence-electron chi connectivity index (χ1n) is 10.1. The normalized spacial score (nSPS) is 11.7. The predicted octanol–water partition coefficient (Wildman–Crippen LogP) is 5.62.